The van der Waals surface area contributed by atoms with Crippen molar-refractivity contribution < 1.29 is 14.7 Å². The van der Waals surface area contributed by atoms with Gasteiger partial charge in [-0.2, -0.15) is 5.10 Å². The molecule has 23 heavy (non-hydrogen) atoms. The predicted molar refractivity (Wildman–Crippen MR) is 84.3 cm³/mol. The molecule has 1 aromatic heterocycles. The van der Waals surface area contributed by atoms with Gasteiger partial charge >= 0.3 is 5.97 Å². The van der Waals surface area contributed by atoms with Gasteiger partial charge in [-0.05, 0) is 37.0 Å². The van der Waals surface area contributed by atoms with Gasteiger partial charge in [0.2, 0.25) is 5.91 Å². The maximum atomic E-state index is 12.2. The van der Waals surface area contributed by atoms with Gasteiger partial charge in [-0.25, -0.2) is 9.48 Å². The van der Waals surface area contributed by atoms with Crippen molar-refractivity contribution in [1.29, 1.82) is 0 Å². The number of rotatable bonds is 5. The number of amides is 1. The Morgan fingerprint density at radius 2 is 2.04 bits per heavy atom. The highest BCUT2D eigenvalue weighted by atomic mass is 16.4. The van der Waals surface area contributed by atoms with Crippen molar-refractivity contribution in [3.63, 3.8) is 0 Å². The van der Waals surface area contributed by atoms with E-state index in [9.17, 15) is 9.59 Å². The largest absolute Gasteiger partial charge is 0.480 e. The molecule has 6 nitrogen and oxygen atoms in total. The molecular weight excluding hydrogens is 294 g/mol. The van der Waals surface area contributed by atoms with Crippen LogP contribution in [0.15, 0.2) is 42.7 Å². The van der Waals surface area contributed by atoms with E-state index in [0.717, 1.165) is 17.7 Å². The third kappa shape index (κ3) is 3.41. The van der Waals surface area contributed by atoms with Gasteiger partial charge in [0.05, 0.1) is 11.9 Å². The molecule has 2 heterocycles. The number of carboxylic acids is 1. The number of aryl methyl sites for hydroxylation is 1. The van der Waals surface area contributed by atoms with Crippen molar-refractivity contribution in [2.75, 3.05) is 6.54 Å². The lowest BCUT2D eigenvalue weighted by Crippen LogP contribution is -2.40. The average molecular weight is 313 g/mol. The Morgan fingerprint density at radius 1 is 1.26 bits per heavy atom. The lowest BCUT2D eigenvalue weighted by atomic mass is 10.1. The first kappa shape index (κ1) is 15.3. The van der Waals surface area contributed by atoms with Crippen LogP contribution < -0.4 is 0 Å². The Balaban J connectivity index is 1.60. The summed E-state index contributed by atoms with van der Waals surface area (Å²) in [7, 11) is 0. The van der Waals surface area contributed by atoms with Crippen LogP contribution in [0.4, 0.5) is 0 Å². The smallest absolute Gasteiger partial charge is 0.326 e. The molecule has 0 saturated carbocycles. The summed E-state index contributed by atoms with van der Waals surface area (Å²) in [6.07, 6.45) is 5.83. The van der Waals surface area contributed by atoms with Crippen LogP contribution >= 0.6 is 0 Å². The third-order valence-electron chi connectivity index (χ3n) is 4.14. The number of carboxylic acid groups (broad SMARTS) is 1. The summed E-state index contributed by atoms with van der Waals surface area (Å²) >= 11 is 0. The number of hydrogen-bond donors (Lipinski definition) is 1. The first-order valence-electron chi connectivity index (χ1n) is 7.76. The fraction of sp³-hybridized carbons (Fsp3) is 0.353. The first-order chi connectivity index (χ1) is 11.1. The number of aliphatic carboxylic acids is 1. The van der Waals surface area contributed by atoms with Gasteiger partial charge in [0, 0.05) is 19.2 Å². The molecule has 120 valence electrons. The number of benzene rings is 1. The van der Waals surface area contributed by atoms with E-state index >= 15 is 0 Å². The summed E-state index contributed by atoms with van der Waals surface area (Å²) < 4.78 is 1.77. The second kappa shape index (κ2) is 6.64. The van der Waals surface area contributed by atoms with Gasteiger partial charge in [0.1, 0.15) is 6.04 Å². The van der Waals surface area contributed by atoms with Crippen LogP contribution in [-0.2, 0) is 16.0 Å². The zero-order valence-corrected chi connectivity index (χ0v) is 12.8. The van der Waals surface area contributed by atoms with E-state index < -0.39 is 12.0 Å². The molecule has 1 N–H and O–H groups in total. The van der Waals surface area contributed by atoms with Crippen LogP contribution in [0.3, 0.4) is 0 Å². The molecule has 1 aliphatic rings. The molecule has 2 aromatic rings. The number of nitrogens with zero attached hydrogens (tertiary/aromatic N) is 3. The fourth-order valence-corrected chi connectivity index (χ4v) is 2.93. The molecule has 1 atom stereocenters. The summed E-state index contributed by atoms with van der Waals surface area (Å²) in [6.45, 7) is 0.541. The summed E-state index contributed by atoms with van der Waals surface area (Å²) in [4.78, 5) is 24.9. The van der Waals surface area contributed by atoms with E-state index in [-0.39, 0.29) is 5.91 Å². The minimum absolute atomic E-state index is 0.0950. The van der Waals surface area contributed by atoms with E-state index in [1.165, 1.54) is 4.90 Å². The molecule has 1 aromatic carbocycles. The van der Waals surface area contributed by atoms with Crippen LogP contribution in [0.1, 0.15) is 24.8 Å². The highest BCUT2D eigenvalue weighted by molar-refractivity contribution is 5.84. The molecule has 1 fully saturated rings. The van der Waals surface area contributed by atoms with E-state index in [1.807, 2.05) is 36.5 Å². The van der Waals surface area contributed by atoms with E-state index in [2.05, 4.69) is 5.10 Å². The van der Waals surface area contributed by atoms with Gasteiger partial charge in [0.15, 0.2) is 0 Å². The number of carbonyl (C=O) groups excluding carboxylic acids is 1. The summed E-state index contributed by atoms with van der Waals surface area (Å²) in [5.41, 5.74) is 1.93. The molecule has 0 bridgehead atoms. The molecule has 0 spiro atoms. The monoisotopic (exact) mass is 313 g/mol. The number of aromatic nitrogens is 2. The Bertz CT molecular complexity index is 696. The topological polar surface area (TPSA) is 75.4 Å². The second-order valence-corrected chi connectivity index (χ2v) is 5.71. The number of likely N-dealkylation sites (tertiary alicyclic amines) is 1. The van der Waals surface area contributed by atoms with Gasteiger partial charge in [-0.3, -0.25) is 4.79 Å². The minimum Gasteiger partial charge on any atom is -0.480 e. The lowest BCUT2D eigenvalue weighted by molar-refractivity contribution is -0.148. The van der Waals surface area contributed by atoms with Crippen molar-refractivity contribution in [3.05, 3.63) is 48.3 Å². The van der Waals surface area contributed by atoms with Crippen molar-refractivity contribution in [1.82, 2.24) is 14.7 Å². The normalized spacial score (nSPS) is 17.4. The maximum absolute atomic E-state index is 12.2. The SMILES string of the molecule is O=C(O)[C@H]1CCCN1C(=O)CCc1cnn(-c2ccccc2)c1. The van der Waals surface area contributed by atoms with Gasteiger partial charge in [0.25, 0.3) is 0 Å². The molecule has 3 rings (SSSR count). The fourth-order valence-electron chi connectivity index (χ4n) is 2.93. The highest BCUT2D eigenvalue weighted by Gasteiger charge is 2.33. The Hall–Kier alpha value is -2.63. The zero-order valence-electron chi connectivity index (χ0n) is 12.8. The number of hydrogen-bond acceptors (Lipinski definition) is 3. The molecule has 0 radical (unpaired) electrons. The maximum Gasteiger partial charge on any atom is 0.326 e. The third-order valence-corrected chi connectivity index (χ3v) is 4.14. The Labute approximate surface area is 134 Å². The number of para-hydroxylation sites is 1. The molecule has 6 heteroatoms. The molecular formula is C17H19N3O3. The molecule has 1 saturated heterocycles. The van der Waals surface area contributed by atoms with Crippen LogP contribution in [0.2, 0.25) is 0 Å². The molecule has 1 amide bonds. The highest BCUT2D eigenvalue weighted by Crippen LogP contribution is 2.19. The van der Waals surface area contributed by atoms with Crippen LogP contribution in [-0.4, -0.2) is 44.3 Å². The lowest BCUT2D eigenvalue weighted by Gasteiger charge is -2.21. The van der Waals surface area contributed by atoms with Gasteiger partial charge < -0.3 is 10.0 Å². The van der Waals surface area contributed by atoms with Crippen molar-refractivity contribution in [2.24, 2.45) is 0 Å². The van der Waals surface area contributed by atoms with E-state index in [4.69, 9.17) is 5.11 Å². The van der Waals surface area contributed by atoms with E-state index in [0.29, 0.717) is 25.8 Å². The van der Waals surface area contributed by atoms with Crippen LogP contribution in [0.25, 0.3) is 5.69 Å². The van der Waals surface area contributed by atoms with Crippen molar-refractivity contribution >= 4 is 11.9 Å². The molecule has 1 aliphatic heterocycles. The molecule has 0 unspecified atom stereocenters. The minimum atomic E-state index is -0.909. The Kier molecular flexibility index (Phi) is 4.41. The van der Waals surface area contributed by atoms with Gasteiger partial charge in [-0.15, -0.1) is 0 Å². The van der Waals surface area contributed by atoms with Crippen molar-refractivity contribution in [2.45, 2.75) is 31.7 Å². The Morgan fingerprint density at radius 3 is 2.78 bits per heavy atom. The van der Waals surface area contributed by atoms with Gasteiger partial charge in [-0.1, -0.05) is 18.2 Å². The van der Waals surface area contributed by atoms with Crippen LogP contribution in [0.5, 0.6) is 0 Å². The van der Waals surface area contributed by atoms with Crippen LogP contribution in [0, 0.1) is 0 Å². The van der Waals surface area contributed by atoms with Crippen molar-refractivity contribution in [3.8, 4) is 5.69 Å². The second-order valence-electron chi connectivity index (χ2n) is 5.71. The molecule has 0 aliphatic carbocycles. The predicted octanol–water partition coefficient (Wildman–Crippen LogP) is 1.88. The summed E-state index contributed by atoms with van der Waals surface area (Å²) in [5, 5.41) is 13.4. The summed E-state index contributed by atoms with van der Waals surface area (Å²) in [5.74, 6) is -1.00. The van der Waals surface area contributed by atoms with E-state index in [1.54, 1.807) is 10.9 Å². The number of carbonyl (C=O) groups is 2. The zero-order chi connectivity index (χ0) is 16.2. The summed E-state index contributed by atoms with van der Waals surface area (Å²) in [6, 6.07) is 9.10. The first-order valence-corrected chi connectivity index (χ1v) is 7.76. The standard InChI is InChI=1S/C17H19N3O3/c21-16(19-10-4-7-15(19)17(22)23)9-8-13-11-18-20(12-13)14-5-2-1-3-6-14/h1-3,5-6,11-12,15H,4,7-10H2,(H,22,23)/t15-/m1/s1. The average Bonchev–Trinajstić information content (AvgIpc) is 3.23. The quantitative estimate of drug-likeness (QED) is 0.914.